The summed E-state index contributed by atoms with van der Waals surface area (Å²) in [7, 11) is 0. The Bertz CT molecular complexity index is 462. The van der Waals surface area contributed by atoms with E-state index in [-0.39, 0.29) is 17.8 Å². The molecule has 1 aromatic rings. The molecule has 0 amide bonds. The minimum Gasteiger partial charge on any atom is -0.300 e. The number of aromatic nitrogens is 2. The fourth-order valence-corrected chi connectivity index (χ4v) is 1.20. The lowest BCUT2D eigenvalue weighted by molar-refractivity contribution is 0.578. The van der Waals surface area contributed by atoms with Crippen molar-refractivity contribution in [3.63, 3.8) is 0 Å². The van der Waals surface area contributed by atoms with E-state index in [2.05, 4.69) is 5.92 Å². The van der Waals surface area contributed by atoms with Crippen LogP contribution in [-0.4, -0.2) is 9.13 Å². The molecule has 0 N–H and O–H groups in total. The lowest BCUT2D eigenvalue weighted by Gasteiger charge is -2.05. The fraction of sp³-hybridized carbons (Fsp3) is 0.400. The Morgan fingerprint density at radius 3 is 2.79 bits per heavy atom. The molecule has 0 radical (unpaired) electrons. The normalized spacial score (nSPS) is 9.71. The highest BCUT2D eigenvalue weighted by Gasteiger charge is 2.02. The van der Waals surface area contributed by atoms with Gasteiger partial charge in [-0.05, 0) is 6.42 Å². The minimum absolute atomic E-state index is 0.0300. The van der Waals surface area contributed by atoms with Gasteiger partial charge in [-0.1, -0.05) is 12.8 Å². The first kappa shape index (κ1) is 10.3. The molecular formula is C10H12N2O2. The molecule has 1 heterocycles. The molecule has 0 saturated heterocycles. The van der Waals surface area contributed by atoms with Gasteiger partial charge in [0.05, 0.1) is 6.54 Å². The van der Waals surface area contributed by atoms with E-state index in [9.17, 15) is 9.59 Å². The molecule has 0 aromatic carbocycles. The van der Waals surface area contributed by atoms with E-state index in [0.717, 1.165) is 11.0 Å². The number of nitrogens with zero attached hydrogens (tertiary/aromatic N) is 2. The van der Waals surface area contributed by atoms with Gasteiger partial charge in [-0.25, -0.2) is 9.36 Å². The molecule has 0 bridgehead atoms. The summed E-state index contributed by atoms with van der Waals surface area (Å²) >= 11 is 0. The van der Waals surface area contributed by atoms with Crippen molar-refractivity contribution in [2.24, 2.45) is 0 Å². The van der Waals surface area contributed by atoms with E-state index in [4.69, 9.17) is 6.42 Å². The zero-order chi connectivity index (χ0) is 10.6. The maximum absolute atomic E-state index is 11.6. The van der Waals surface area contributed by atoms with Crippen LogP contribution in [0.3, 0.4) is 0 Å². The monoisotopic (exact) mass is 192 g/mol. The minimum atomic E-state index is -0.347. The third kappa shape index (κ3) is 1.94. The Balaban J connectivity index is 3.28. The Hall–Kier alpha value is -1.76. The molecule has 1 aromatic heterocycles. The lowest BCUT2D eigenvalue weighted by atomic mass is 10.4. The summed E-state index contributed by atoms with van der Waals surface area (Å²) in [6.07, 6.45) is 7.41. The summed E-state index contributed by atoms with van der Waals surface area (Å²) in [6, 6.07) is 1.36. The van der Waals surface area contributed by atoms with Gasteiger partial charge < -0.3 is 4.57 Å². The third-order valence-electron chi connectivity index (χ3n) is 1.85. The highest BCUT2D eigenvalue weighted by atomic mass is 16.2. The van der Waals surface area contributed by atoms with E-state index in [1.54, 1.807) is 0 Å². The number of aryl methyl sites for hydroxylation is 1. The summed E-state index contributed by atoms with van der Waals surface area (Å²) in [5, 5.41) is 0. The maximum Gasteiger partial charge on any atom is 0.331 e. The number of hydrogen-bond donors (Lipinski definition) is 0. The second-order valence-corrected chi connectivity index (χ2v) is 2.92. The summed E-state index contributed by atoms with van der Waals surface area (Å²) in [5.74, 6) is 2.28. The van der Waals surface area contributed by atoms with Crippen LogP contribution in [0.1, 0.15) is 13.3 Å². The Morgan fingerprint density at radius 1 is 1.50 bits per heavy atom. The van der Waals surface area contributed by atoms with Crippen LogP contribution in [0.25, 0.3) is 0 Å². The first-order valence-corrected chi connectivity index (χ1v) is 4.44. The topological polar surface area (TPSA) is 44.0 Å². The molecule has 0 aliphatic heterocycles. The molecular weight excluding hydrogens is 180 g/mol. The van der Waals surface area contributed by atoms with Crippen LogP contribution in [0.15, 0.2) is 21.9 Å². The molecule has 0 atom stereocenters. The van der Waals surface area contributed by atoms with Crippen LogP contribution >= 0.6 is 0 Å². The van der Waals surface area contributed by atoms with Crippen LogP contribution in [0.5, 0.6) is 0 Å². The van der Waals surface area contributed by atoms with Gasteiger partial charge >= 0.3 is 5.69 Å². The van der Waals surface area contributed by atoms with E-state index < -0.39 is 0 Å². The molecule has 0 aliphatic rings. The second kappa shape index (κ2) is 4.47. The third-order valence-corrected chi connectivity index (χ3v) is 1.85. The van der Waals surface area contributed by atoms with Gasteiger partial charge in [-0.2, -0.15) is 0 Å². The number of terminal acetylenes is 1. The van der Waals surface area contributed by atoms with Crippen molar-refractivity contribution in [3.8, 4) is 12.3 Å². The van der Waals surface area contributed by atoms with Gasteiger partial charge in [0.25, 0.3) is 5.56 Å². The van der Waals surface area contributed by atoms with Crippen molar-refractivity contribution in [2.45, 2.75) is 26.4 Å². The Labute approximate surface area is 81.8 Å². The largest absolute Gasteiger partial charge is 0.331 e. The van der Waals surface area contributed by atoms with Crippen molar-refractivity contribution in [1.82, 2.24) is 9.13 Å². The zero-order valence-corrected chi connectivity index (χ0v) is 8.06. The quantitative estimate of drug-likeness (QED) is 0.635. The van der Waals surface area contributed by atoms with Gasteiger partial charge in [0.1, 0.15) is 0 Å². The van der Waals surface area contributed by atoms with Crippen LogP contribution in [0.4, 0.5) is 0 Å². The molecule has 0 aliphatic carbocycles. The average molecular weight is 192 g/mol. The predicted molar refractivity (Wildman–Crippen MR) is 54.1 cm³/mol. The first-order valence-electron chi connectivity index (χ1n) is 4.44. The molecule has 14 heavy (non-hydrogen) atoms. The maximum atomic E-state index is 11.6. The molecule has 74 valence electrons. The van der Waals surface area contributed by atoms with Crippen molar-refractivity contribution in [3.05, 3.63) is 33.1 Å². The van der Waals surface area contributed by atoms with Crippen molar-refractivity contribution < 1.29 is 0 Å². The van der Waals surface area contributed by atoms with E-state index in [1.165, 1.54) is 16.8 Å². The van der Waals surface area contributed by atoms with Gasteiger partial charge in [-0.3, -0.25) is 4.79 Å². The summed E-state index contributed by atoms with van der Waals surface area (Å²) in [6.45, 7) is 2.59. The lowest BCUT2D eigenvalue weighted by Crippen LogP contribution is -2.38. The van der Waals surface area contributed by atoms with Crippen molar-refractivity contribution >= 4 is 0 Å². The second-order valence-electron chi connectivity index (χ2n) is 2.92. The molecule has 0 spiro atoms. The van der Waals surface area contributed by atoms with Crippen LogP contribution in [0.2, 0.25) is 0 Å². The molecule has 0 fully saturated rings. The zero-order valence-electron chi connectivity index (χ0n) is 8.06. The van der Waals surface area contributed by atoms with Crippen molar-refractivity contribution in [2.75, 3.05) is 0 Å². The van der Waals surface area contributed by atoms with E-state index in [1.807, 2.05) is 6.92 Å². The smallest absolute Gasteiger partial charge is 0.300 e. The summed E-state index contributed by atoms with van der Waals surface area (Å²) in [4.78, 5) is 22.8. The van der Waals surface area contributed by atoms with Crippen LogP contribution in [0, 0.1) is 12.3 Å². The molecule has 1 rings (SSSR count). The SMILES string of the molecule is C#CCn1c(=O)ccn(CCC)c1=O. The van der Waals surface area contributed by atoms with Crippen LogP contribution in [-0.2, 0) is 13.1 Å². The first-order chi connectivity index (χ1) is 6.70. The highest BCUT2D eigenvalue weighted by molar-refractivity contribution is 4.92. The highest BCUT2D eigenvalue weighted by Crippen LogP contribution is 1.83. The molecule has 0 saturated carbocycles. The summed E-state index contributed by atoms with van der Waals surface area (Å²) in [5.41, 5.74) is -0.683. The molecule has 4 heteroatoms. The van der Waals surface area contributed by atoms with Crippen LogP contribution < -0.4 is 11.2 Å². The standard InChI is InChI=1S/C10H12N2O2/c1-3-6-11-8-5-9(13)12(7-4-2)10(11)14/h2,5,8H,3,6-7H2,1H3. The predicted octanol–water partition coefficient (Wildman–Crippen LogP) is 0.0532. The van der Waals surface area contributed by atoms with Gasteiger partial charge in [-0.15, -0.1) is 6.42 Å². The van der Waals surface area contributed by atoms with E-state index in [0.29, 0.717) is 6.54 Å². The molecule has 0 unspecified atom stereocenters. The Kier molecular flexibility index (Phi) is 3.29. The average Bonchev–Trinajstić information content (AvgIpc) is 2.17. The summed E-state index contributed by atoms with van der Waals surface area (Å²) < 4.78 is 2.54. The van der Waals surface area contributed by atoms with Gasteiger partial charge in [0, 0.05) is 18.8 Å². The number of rotatable bonds is 3. The van der Waals surface area contributed by atoms with Gasteiger partial charge in [0.15, 0.2) is 0 Å². The van der Waals surface area contributed by atoms with Gasteiger partial charge in [0.2, 0.25) is 0 Å². The Morgan fingerprint density at radius 2 is 2.21 bits per heavy atom. The number of hydrogen-bond acceptors (Lipinski definition) is 2. The fourth-order valence-electron chi connectivity index (χ4n) is 1.20. The molecule has 4 nitrogen and oxygen atoms in total. The van der Waals surface area contributed by atoms with Crippen molar-refractivity contribution in [1.29, 1.82) is 0 Å². The van der Waals surface area contributed by atoms with E-state index >= 15 is 0 Å².